The van der Waals surface area contributed by atoms with Gasteiger partial charge in [0.05, 0.1) is 12.5 Å². The molecule has 1 aliphatic rings. The maximum absolute atomic E-state index is 11.6. The highest BCUT2D eigenvalue weighted by Crippen LogP contribution is 2.50. The van der Waals surface area contributed by atoms with Crippen LogP contribution in [0.25, 0.3) is 0 Å². The Balaban J connectivity index is 1.80. The van der Waals surface area contributed by atoms with E-state index in [-0.39, 0.29) is 11.4 Å². The predicted octanol–water partition coefficient (Wildman–Crippen LogP) is 6.03. The van der Waals surface area contributed by atoms with Crippen molar-refractivity contribution in [2.45, 2.75) is 103 Å². The van der Waals surface area contributed by atoms with Crippen LogP contribution < -0.4 is 0 Å². The van der Waals surface area contributed by atoms with Crippen molar-refractivity contribution in [3.05, 3.63) is 0 Å². The fourth-order valence-electron chi connectivity index (χ4n) is 3.23. The molecule has 124 valence electrons. The van der Waals surface area contributed by atoms with Crippen LogP contribution in [0.4, 0.5) is 0 Å². The lowest BCUT2D eigenvalue weighted by atomic mass is 9.97. The number of methoxy groups -OCH3 is 1. The highest BCUT2D eigenvalue weighted by atomic mass is 16.5. The SMILES string of the molecule is CCCCCCCCCCCCCCC1(C(=O)OC)CC1. The smallest absolute Gasteiger partial charge is 0.311 e. The third-order valence-corrected chi connectivity index (χ3v) is 4.98. The van der Waals surface area contributed by atoms with Crippen molar-refractivity contribution in [3.8, 4) is 0 Å². The summed E-state index contributed by atoms with van der Waals surface area (Å²) in [6.07, 6.45) is 19.7. The van der Waals surface area contributed by atoms with Crippen LogP contribution in [0, 0.1) is 5.41 Å². The van der Waals surface area contributed by atoms with Crippen LogP contribution in [0.15, 0.2) is 0 Å². The van der Waals surface area contributed by atoms with E-state index in [4.69, 9.17) is 4.74 Å². The molecule has 0 aromatic rings. The van der Waals surface area contributed by atoms with Gasteiger partial charge >= 0.3 is 5.97 Å². The molecule has 0 bridgehead atoms. The number of esters is 1. The Morgan fingerprint density at radius 1 is 0.810 bits per heavy atom. The maximum Gasteiger partial charge on any atom is 0.311 e. The normalized spacial score (nSPS) is 15.9. The van der Waals surface area contributed by atoms with E-state index in [9.17, 15) is 4.79 Å². The molecule has 0 N–H and O–H groups in total. The number of carbonyl (C=O) groups excluding carboxylic acids is 1. The van der Waals surface area contributed by atoms with Gasteiger partial charge in [-0.15, -0.1) is 0 Å². The lowest BCUT2D eigenvalue weighted by Crippen LogP contribution is -2.17. The first-order valence-corrected chi connectivity index (χ1v) is 9.33. The molecule has 0 aromatic heterocycles. The molecule has 1 fully saturated rings. The van der Waals surface area contributed by atoms with Gasteiger partial charge in [0.15, 0.2) is 0 Å². The van der Waals surface area contributed by atoms with Crippen molar-refractivity contribution < 1.29 is 9.53 Å². The first kappa shape index (κ1) is 18.5. The number of carbonyl (C=O) groups is 1. The van der Waals surface area contributed by atoms with Crippen molar-refractivity contribution >= 4 is 5.97 Å². The van der Waals surface area contributed by atoms with Gasteiger partial charge < -0.3 is 4.74 Å². The van der Waals surface area contributed by atoms with Crippen LogP contribution in [0.1, 0.15) is 103 Å². The number of hydrogen-bond acceptors (Lipinski definition) is 2. The van der Waals surface area contributed by atoms with Gasteiger partial charge in [-0.05, 0) is 19.3 Å². The average molecular weight is 296 g/mol. The molecule has 2 heteroatoms. The monoisotopic (exact) mass is 296 g/mol. The Morgan fingerprint density at radius 3 is 1.62 bits per heavy atom. The lowest BCUT2D eigenvalue weighted by Gasteiger charge is -2.11. The molecular weight excluding hydrogens is 260 g/mol. The van der Waals surface area contributed by atoms with E-state index in [0.29, 0.717) is 0 Å². The van der Waals surface area contributed by atoms with Crippen LogP contribution in [0.5, 0.6) is 0 Å². The minimum Gasteiger partial charge on any atom is -0.469 e. The Labute approximate surface area is 132 Å². The summed E-state index contributed by atoms with van der Waals surface area (Å²) in [6, 6.07) is 0. The quantitative estimate of drug-likeness (QED) is 0.289. The number of unbranched alkanes of at least 4 members (excludes halogenated alkanes) is 11. The molecule has 0 radical (unpaired) electrons. The van der Waals surface area contributed by atoms with Gasteiger partial charge in [-0.25, -0.2) is 0 Å². The highest BCUT2D eigenvalue weighted by molar-refractivity contribution is 5.79. The maximum atomic E-state index is 11.6. The topological polar surface area (TPSA) is 26.3 Å². The molecule has 0 saturated heterocycles. The summed E-state index contributed by atoms with van der Waals surface area (Å²) in [7, 11) is 1.52. The van der Waals surface area contributed by atoms with Crippen LogP contribution in [0.3, 0.4) is 0 Å². The third kappa shape index (κ3) is 7.87. The lowest BCUT2D eigenvalue weighted by molar-refractivity contribution is -0.147. The molecule has 1 aliphatic carbocycles. The summed E-state index contributed by atoms with van der Waals surface area (Å²) in [5, 5.41) is 0. The molecular formula is C19H36O2. The van der Waals surface area contributed by atoms with Gasteiger partial charge in [0.25, 0.3) is 0 Å². The molecule has 2 nitrogen and oxygen atoms in total. The van der Waals surface area contributed by atoms with Crippen molar-refractivity contribution in [1.82, 2.24) is 0 Å². The molecule has 0 amide bonds. The zero-order chi connectivity index (χ0) is 15.4. The number of hydrogen-bond donors (Lipinski definition) is 0. The summed E-state index contributed by atoms with van der Waals surface area (Å²) in [6.45, 7) is 2.27. The van der Waals surface area contributed by atoms with Gasteiger partial charge in [-0.1, -0.05) is 84.0 Å². The second kappa shape index (κ2) is 11.1. The first-order valence-electron chi connectivity index (χ1n) is 9.33. The van der Waals surface area contributed by atoms with Crippen LogP contribution in [0.2, 0.25) is 0 Å². The predicted molar refractivity (Wildman–Crippen MR) is 89.4 cm³/mol. The Kier molecular flexibility index (Phi) is 9.78. The fourth-order valence-corrected chi connectivity index (χ4v) is 3.23. The van der Waals surface area contributed by atoms with Crippen molar-refractivity contribution in [1.29, 1.82) is 0 Å². The highest BCUT2D eigenvalue weighted by Gasteiger charge is 2.49. The van der Waals surface area contributed by atoms with E-state index < -0.39 is 0 Å². The molecule has 0 aliphatic heterocycles. The minimum absolute atomic E-state index is 0.0329. The summed E-state index contributed by atoms with van der Waals surface area (Å²) >= 11 is 0. The second-order valence-electron chi connectivity index (χ2n) is 6.91. The zero-order valence-corrected chi connectivity index (χ0v) is 14.4. The van der Waals surface area contributed by atoms with E-state index in [1.54, 1.807) is 0 Å². The average Bonchev–Trinajstić information content (AvgIpc) is 3.28. The van der Waals surface area contributed by atoms with Crippen molar-refractivity contribution in [2.75, 3.05) is 7.11 Å². The number of rotatable bonds is 14. The van der Waals surface area contributed by atoms with E-state index in [0.717, 1.165) is 19.3 Å². The fraction of sp³-hybridized carbons (Fsp3) is 0.947. The molecule has 21 heavy (non-hydrogen) atoms. The molecule has 1 saturated carbocycles. The van der Waals surface area contributed by atoms with E-state index in [2.05, 4.69) is 6.92 Å². The van der Waals surface area contributed by atoms with Gasteiger partial charge in [-0.2, -0.15) is 0 Å². The van der Waals surface area contributed by atoms with Gasteiger partial charge in [0.2, 0.25) is 0 Å². The van der Waals surface area contributed by atoms with Crippen LogP contribution in [-0.4, -0.2) is 13.1 Å². The second-order valence-corrected chi connectivity index (χ2v) is 6.91. The Bertz CT molecular complexity index is 269. The molecule has 0 spiro atoms. The number of ether oxygens (including phenoxy) is 1. The summed E-state index contributed by atoms with van der Waals surface area (Å²) in [4.78, 5) is 11.6. The third-order valence-electron chi connectivity index (χ3n) is 4.98. The van der Waals surface area contributed by atoms with Crippen molar-refractivity contribution in [3.63, 3.8) is 0 Å². The largest absolute Gasteiger partial charge is 0.469 e. The van der Waals surface area contributed by atoms with Gasteiger partial charge in [0, 0.05) is 0 Å². The van der Waals surface area contributed by atoms with Crippen molar-refractivity contribution in [2.24, 2.45) is 5.41 Å². The summed E-state index contributed by atoms with van der Waals surface area (Å²) < 4.78 is 4.90. The first-order chi connectivity index (χ1) is 10.2. The standard InChI is InChI=1S/C19H36O2/c1-3-4-5-6-7-8-9-10-11-12-13-14-15-19(16-17-19)18(20)21-2/h3-17H2,1-2H3. The van der Waals surface area contributed by atoms with E-state index in [1.165, 1.54) is 84.2 Å². The molecule has 0 aromatic carbocycles. The van der Waals surface area contributed by atoms with E-state index in [1.807, 2.05) is 0 Å². The summed E-state index contributed by atoms with van der Waals surface area (Å²) in [5.74, 6) is 0.0329. The van der Waals surface area contributed by atoms with Gasteiger partial charge in [0.1, 0.15) is 0 Å². The molecule has 0 atom stereocenters. The summed E-state index contributed by atoms with van der Waals surface area (Å²) in [5.41, 5.74) is -0.0623. The zero-order valence-electron chi connectivity index (χ0n) is 14.4. The molecule has 1 rings (SSSR count). The molecule has 0 heterocycles. The minimum atomic E-state index is -0.0623. The van der Waals surface area contributed by atoms with Gasteiger partial charge in [-0.3, -0.25) is 4.79 Å². The Morgan fingerprint density at radius 2 is 1.24 bits per heavy atom. The van der Waals surface area contributed by atoms with E-state index >= 15 is 0 Å². The van der Waals surface area contributed by atoms with Crippen LogP contribution in [-0.2, 0) is 9.53 Å². The molecule has 0 unspecified atom stereocenters. The Hall–Kier alpha value is -0.530. The van der Waals surface area contributed by atoms with Crippen LogP contribution >= 0.6 is 0 Å².